The van der Waals surface area contributed by atoms with Gasteiger partial charge in [0.15, 0.2) is 5.69 Å². The summed E-state index contributed by atoms with van der Waals surface area (Å²) in [6, 6.07) is 3.65. The fraction of sp³-hybridized carbons (Fsp3) is 0.522. The average Bonchev–Trinajstić information content (AvgIpc) is 2.96. The molecule has 0 fully saturated rings. The van der Waals surface area contributed by atoms with Gasteiger partial charge >= 0.3 is 0 Å². The minimum absolute atomic E-state index is 0.245. The lowest BCUT2D eigenvalue weighted by molar-refractivity contribution is -0.124. The van der Waals surface area contributed by atoms with Gasteiger partial charge in [-0.2, -0.15) is 0 Å². The van der Waals surface area contributed by atoms with Crippen LogP contribution in [0.5, 0.6) is 5.75 Å². The van der Waals surface area contributed by atoms with Crippen LogP contribution in [0.25, 0.3) is 11.4 Å². The minimum Gasteiger partial charge on any atom is -0.497 e. The quantitative estimate of drug-likeness (QED) is 0.738. The molecule has 0 spiro atoms. The number of halogens is 1. The lowest BCUT2D eigenvalue weighted by Gasteiger charge is -2.29. The van der Waals surface area contributed by atoms with Crippen molar-refractivity contribution in [2.45, 2.75) is 46.3 Å². The SMILES string of the molecule is CNC(=O)C(NC(=O)c1nc(-c2cc(F)cc(OC)c2)n2c1CN(C)CCC2)C(C)(C)C. The molecule has 1 aromatic heterocycles. The molecule has 1 aliphatic heterocycles. The van der Waals surface area contributed by atoms with Crippen LogP contribution in [0.2, 0.25) is 0 Å². The number of benzene rings is 1. The van der Waals surface area contributed by atoms with Gasteiger partial charge in [0.1, 0.15) is 23.4 Å². The topological polar surface area (TPSA) is 88.5 Å². The number of ether oxygens (including phenoxy) is 1. The van der Waals surface area contributed by atoms with E-state index in [1.165, 1.54) is 19.2 Å². The van der Waals surface area contributed by atoms with Gasteiger partial charge in [0.25, 0.3) is 5.91 Å². The molecule has 2 heterocycles. The lowest BCUT2D eigenvalue weighted by Crippen LogP contribution is -2.53. The predicted molar refractivity (Wildman–Crippen MR) is 120 cm³/mol. The number of carbonyl (C=O) groups is 2. The molecule has 1 unspecified atom stereocenters. The number of nitrogens with one attached hydrogen (secondary N) is 2. The van der Waals surface area contributed by atoms with Gasteiger partial charge in [0.05, 0.1) is 12.8 Å². The number of nitrogens with zero attached hydrogens (tertiary/aromatic N) is 3. The van der Waals surface area contributed by atoms with Crippen molar-refractivity contribution in [1.29, 1.82) is 0 Å². The Kier molecular flexibility index (Phi) is 6.88. The van der Waals surface area contributed by atoms with Gasteiger partial charge in [0.2, 0.25) is 5.91 Å². The summed E-state index contributed by atoms with van der Waals surface area (Å²) < 4.78 is 21.4. The van der Waals surface area contributed by atoms with Crippen LogP contribution in [-0.4, -0.2) is 60.1 Å². The van der Waals surface area contributed by atoms with Crippen molar-refractivity contribution in [3.63, 3.8) is 0 Å². The number of hydrogen-bond donors (Lipinski definition) is 2. The monoisotopic (exact) mass is 445 g/mol. The maximum absolute atomic E-state index is 14.2. The summed E-state index contributed by atoms with van der Waals surface area (Å²) >= 11 is 0. The van der Waals surface area contributed by atoms with Crippen molar-refractivity contribution in [2.75, 3.05) is 27.7 Å². The zero-order chi connectivity index (χ0) is 23.6. The van der Waals surface area contributed by atoms with Crippen LogP contribution in [0, 0.1) is 11.2 Å². The van der Waals surface area contributed by atoms with E-state index in [1.54, 1.807) is 13.1 Å². The maximum atomic E-state index is 14.2. The average molecular weight is 446 g/mol. The Hall–Kier alpha value is -2.94. The van der Waals surface area contributed by atoms with E-state index in [9.17, 15) is 14.0 Å². The van der Waals surface area contributed by atoms with Crippen LogP contribution in [0.3, 0.4) is 0 Å². The molecule has 32 heavy (non-hydrogen) atoms. The molecule has 0 radical (unpaired) electrons. The third kappa shape index (κ3) is 4.93. The number of carbonyl (C=O) groups excluding carboxylic acids is 2. The second-order valence-corrected chi connectivity index (χ2v) is 9.24. The molecule has 1 atom stereocenters. The molecule has 3 rings (SSSR count). The number of imidazole rings is 1. The molecular formula is C23H32FN5O3. The van der Waals surface area contributed by atoms with Crippen molar-refractivity contribution < 1.29 is 18.7 Å². The molecule has 1 aliphatic rings. The van der Waals surface area contributed by atoms with Crippen LogP contribution in [0.1, 0.15) is 43.4 Å². The molecule has 2 amide bonds. The highest BCUT2D eigenvalue weighted by molar-refractivity contribution is 5.97. The molecule has 1 aromatic carbocycles. The summed E-state index contributed by atoms with van der Waals surface area (Å²) in [5, 5.41) is 5.48. The first-order valence-electron chi connectivity index (χ1n) is 10.7. The molecule has 0 saturated carbocycles. The van der Waals surface area contributed by atoms with Crippen molar-refractivity contribution in [1.82, 2.24) is 25.1 Å². The molecule has 174 valence electrons. The third-order valence-corrected chi connectivity index (χ3v) is 5.64. The number of aromatic nitrogens is 2. The van der Waals surface area contributed by atoms with Crippen molar-refractivity contribution in [2.24, 2.45) is 5.41 Å². The molecular weight excluding hydrogens is 413 g/mol. The summed E-state index contributed by atoms with van der Waals surface area (Å²) in [7, 11) is 5.00. The van der Waals surface area contributed by atoms with E-state index in [-0.39, 0.29) is 11.6 Å². The molecule has 0 bridgehead atoms. The van der Waals surface area contributed by atoms with Gasteiger partial charge < -0.3 is 24.8 Å². The van der Waals surface area contributed by atoms with Crippen molar-refractivity contribution in [3.8, 4) is 17.1 Å². The van der Waals surface area contributed by atoms with Gasteiger partial charge in [-0.25, -0.2) is 9.37 Å². The summed E-state index contributed by atoms with van der Waals surface area (Å²) in [6.45, 7) is 7.68. The summed E-state index contributed by atoms with van der Waals surface area (Å²) in [5.74, 6) is -0.265. The van der Waals surface area contributed by atoms with Crippen LogP contribution < -0.4 is 15.4 Å². The Morgan fingerprint density at radius 1 is 1.22 bits per heavy atom. The zero-order valence-electron chi connectivity index (χ0n) is 19.6. The van der Waals surface area contributed by atoms with Gasteiger partial charge in [-0.05, 0) is 37.6 Å². The number of likely N-dealkylation sites (N-methyl/N-ethyl adjacent to an activating group) is 1. The fourth-order valence-corrected chi connectivity index (χ4v) is 3.95. The van der Waals surface area contributed by atoms with Gasteiger partial charge in [0, 0.05) is 31.8 Å². The smallest absolute Gasteiger partial charge is 0.272 e. The number of amides is 2. The number of rotatable bonds is 5. The van der Waals surface area contributed by atoms with E-state index in [2.05, 4.69) is 20.5 Å². The van der Waals surface area contributed by atoms with Crippen LogP contribution >= 0.6 is 0 Å². The lowest BCUT2D eigenvalue weighted by atomic mass is 9.86. The van der Waals surface area contributed by atoms with Gasteiger partial charge in [-0.15, -0.1) is 0 Å². The fourth-order valence-electron chi connectivity index (χ4n) is 3.95. The molecule has 9 heteroatoms. The van der Waals surface area contributed by atoms with Crippen molar-refractivity contribution in [3.05, 3.63) is 35.4 Å². The third-order valence-electron chi connectivity index (χ3n) is 5.64. The molecule has 8 nitrogen and oxygen atoms in total. The van der Waals surface area contributed by atoms with E-state index in [0.717, 1.165) is 18.7 Å². The molecule has 0 aliphatic carbocycles. The Morgan fingerprint density at radius 2 is 1.94 bits per heavy atom. The predicted octanol–water partition coefficient (Wildman–Crippen LogP) is 2.42. The Balaban J connectivity index is 2.09. The van der Waals surface area contributed by atoms with Gasteiger partial charge in [-0.3, -0.25) is 9.59 Å². The molecule has 0 saturated heterocycles. The van der Waals surface area contributed by atoms with Crippen LogP contribution in [0.4, 0.5) is 4.39 Å². The summed E-state index contributed by atoms with van der Waals surface area (Å²) in [6.07, 6.45) is 0.864. The maximum Gasteiger partial charge on any atom is 0.272 e. The highest BCUT2D eigenvalue weighted by Gasteiger charge is 2.34. The van der Waals surface area contributed by atoms with E-state index in [0.29, 0.717) is 30.2 Å². The first-order chi connectivity index (χ1) is 15.0. The van der Waals surface area contributed by atoms with E-state index >= 15 is 0 Å². The molecule has 2 N–H and O–H groups in total. The second kappa shape index (κ2) is 9.28. The van der Waals surface area contributed by atoms with Crippen molar-refractivity contribution >= 4 is 11.8 Å². The Bertz CT molecular complexity index is 1010. The number of fused-ring (bicyclic) bond motifs is 1. The van der Waals surface area contributed by atoms with Gasteiger partial charge in [-0.1, -0.05) is 20.8 Å². The van der Waals surface area contributed by atoms with E-state index in [1.807, 2.05) is 32.4 Å². The van der Waals surface area contributed by atoms with E-state index < -0.39 is 23.2 Å². The largest absolute Gasteiger partial charge is 0.497 e. The Morgan fingerprint density at radius 3 is 2.56 bits per heavy atom. The van der Waals surface area contributed by atoms with E-state index in [4.69, 9.17) is 4.74 Å². The molecule has 2 aromatic rings. The first kappa shape index (κ1) is 23.7. The normalized spacial score (nSPS) is 15.5. The second-order valence-electron chi connectivity index (χ2n) is 9.24. The van der Waals surface area contributed by atoms with Crippen LogP contribution in [0.15, 0.2) is 18.2 Å². The van der Waals surface area contributed by atoms with Crippen LogP contribution in [-0.2, 0) is 17.9 Å². The highest BCUT2D eigenvalue weighted by atomic mass is 19.1. The zero-order valence-corrected chi connectivity index (χ0v) is 19.6. The summed E-state index contributed by atoms with van der Waals surface area (Å²) in [4.78, 5) is 32.6. The minimum atomic E-state index is -0.737. The number of methoxy groups -OCH3 is 1. The number of hydrogen-bond acceptors (Lipinski definition) is 5. The highest BCUT2D eigenvalue weighted by Crippen LogP contribution is 2.30. The summed E-state index contributed by atoms with van der Waals surface area (Å²) in [5.41, 5.74) is 1.02. The first-order valence-corrected chi connectivity index (χ1v) is 10.7. The standard InChI is InChI=1S/C23H32FN5O3/c1-23(2,3)19(22(31)25-4)27-21(30)18-17-13-28(5)8-7-9-29(17)20(26-18)14-10-15(24)12-16(11-14)32-6/h10-12,19H,7-9,13H2,1-6H3,(H,25,31)(H,27,30). The Labute approximate surface area is 188 Å².